The van der Waals surface area contributed by atoms with Gasteiger partial charge in [-0.1, -0.05) is 93.0 Å². The maximum Gasteiger partial charge on any atom is 0.261 e. The summed E-state index contributed by atoms with van der Waals surface area (Å²) >= 11 is 6.27. The zero-order chi connectivity index (χ0) is 24.6. The zero-order valence-electron chi connectivity index (χ0n) is 20.3. The second-order valence-corrected chi connectivity index (χ2v) is 14.8. The molecule has 2 atom stereocenters. The summed E-state index contributed by atoms with van der Waals surface area (Å²) < 4.78 is 15.6. The van der Waals surface area contributed by atoms with Gasteiger partial charge in [0.15, 0.2) is 0 Å². The molecule has 2 N–H and O–H groups in total. The number of nitrogens with two attached hydrogens (primary N) is 1. The van der Waals surface area contributed by atoms with Gasteiger partial charge in [0.2, 0.25) is 5.95 Å². The number of halogens is 1. The summed E-state index contributed by atoms with van der Waals surface area (Å²) in [7, 11) is -2.61. The molecule has 2 aromatic carbocycles. The van der Waals surface area contributed by atoms with Gasteiger partial charge in [0.05, 0.1) is 18.1 Å². The van der Waals surface area contributed by atoms with Gasteiger partial charge in [0, 0.05) is 6.20 Å². The molecule has 0 amide bonds. The molecule has 5 rings (SSSR count). The quantitative estimate of drug-likeness (QED) is 0.297. The Bertz CT molecular complexity index is 1270. The van der Waals surface area contributed by atoms with Crippen LogP contribution in [0.1, 0.15) is 39.8 Å². The van der Waals surface area contributed by atoms with Crippen molar-refractivity contribution >= 4 is 47.3 Å². The van der Waals surface area contributed by atoms with Crippen LogP contribution in [0.2, 0.25) is 10.2 Å². The fourth-order valence-corrected chi connectivity index (χ4v) is 10.1. The van der Waals surface area contributed by atoms with E-state index in [1.54, 1.807) is 0 Å². The van der Waals surface area contributed by atoms with Crippen LogP contribution in [0.5, 0.6) is 0 Å². The molecule has 0 saturated carbocycles. The summed E-state index contributed by atoms with van der Waals surface area (Å²) in [4.78, 5) is 8.46. The lowest BCUT2D eigenvalue weighted by Crippen LogP contribution is -2.67. The molecule has 0 radical (unpaired) electrons. The number of anilines is 1. The van der Waals surface area contributed by atoms with Crippen molar-refractivity contribution in [2.24, 2.45) is 0 Å². The minimum atomic E-state index is -2.61. The SMILES string of the molecule is CC(C)(C)[Si](OC[C@@H]1CC[C@H](n2ccc3c(Cl)nc(N)nc32)O1)(c1ccccc1)c1ccccc1. The Hall–Kier alpha value is -2.71. The van der Waals surface area contributed by atoms with Crippen molar-refractivity contribution in [2.45, 2.75) is 51.0 Å². The van der Waals surface area contributed by atoms with Crippen molar-refractivity contribution in [3.63, 3.8) is 0 Å². The van der Waals surface area contributed by atoms with Gasteiger partial charge < -0.3 is 19.5 Å². The van der Waals surface area contributed by atoms with E-state index in [1.807, 2.05) is 16.8 Å². The summed E-state index contributed by atoms with van der Waals surface area (Å²) in [6, 6.07) is 23.3. The maximum absolute atomic E-state index is 7.08. The first-order chi connectivity index (χ1) is 16.8. The number of hydrogen-bond acceptors (Lipinski definition) is 5. The van der Waals surface area contributed by atoms with Crippen molar-refractivity contribution < 1.29 is 9.16 Å². The van der Waals surface area contributed by atoms with Gasteiger partial charge in [-0.3, -0.25) is 0 Å². The normalized spacial score (nSPS) is 18.9. The van der Waals surface area contributed by atoms with Crippen LogP contribution < -0.4 is 16.1 Å². The van der Waals surface area contributed by atoms with Crippen LogP contribution in [-0.4, -0.2) is 35.6 Å². The Kier molecular flexibility index (Phi) is 6.44. The van der Waals surface area contributed by atoms with Gasteiger partial charge in [0.1, 0.15) is 17.0 Å². The van der Waals surface area contributed by atoms with Crippen LogP contribution >= 0.6 is 11.6 Å². The van der Waals surface area contributed by atoms with Crippen LogP contribution in [0, 0.1) is 0 Å². The van der Waals surface area contributed by atoms with Crippen molar-refractivity contribution in [3.8, 4) is 0 Å². The van der Waals surface area contributed by atoms with E-state index < -0.39 is 8.32 Å². The zero-order valence-corrected chi connectivity index (χ0v) is 22.1. The molecule has 2 aromatic heterocycles. The molecular formula is C27H31ClN4O2Si. The van der Waals surface area contributed by atoms with E-state index in [4.69, 9.17) is 26.5 Å². The first-order valence-corrected chi connectivity index (χ1v) is 14.3. The minimum Gasteiger partial charge on any atom is -0.405 e. The van der Waals surface area contributed by atoms with Crippen LogP contribution in [-0.2, 0) is 9.16 Å². The Morgan fingerprint density at radius 3 is 2.23 bits per heavy atom. The average Bonchev–Trinajstić information content (AvgIpc) is 3.47. The molecule has 4 aromatic rings. The molecule has 1 aliphatic heterocycles. The number of nitrogens with zero attached hydrogens (tertiary/aromatic N) is 3. The first kappa shape index (κ1) is 24.0. The number of nitrogen functional groups attached to an aromatic ring is 1. The number of hydrogen-bond donors (Lipinski definition) is 1. The van der Waals surface area contributed by atoms with E-state index in [2.05, 4.69) is 91.4 Å². The highest BCUT2D eigenvalue weighted by atomic mass is 35.5. The molecule has 3 heterocycles. The van der Waals surface area contributed by atoms with Crippen molar-refractivity contribution in [3.05, 3.63) is 78.1 Å². The van der Waals surface area contributed by atoms with Crippen LogP contribution in [0.4, 0.5) is 5.95 Å². The third kappa shape index (κ3) is 4.38. The molecule has 0 spiro atoms. The monoisotopic (exact) mass is 506 g/mol. The first-order valence-electron chi connectivity index (χ1n) is 12.0. The fraction of sp³-hybridized carbons (Fsp3) is 0.333. The van der Waals surface area contributed by atoms with E-state index in [0.717, 1.165) is 18.2 Å². The summed E-state index contributed by atoms with van der Waals surface area (Å²) in [6.07, 6.45) is 3.54. The Morgan fingerprint density at radius 1 is 1.00 bits per heavy atom. The molecule has 1 fully saturated rings. The minimum absolute atomic E-state index is 0.0197. The lowest BCUT2D eigenvalue weighted by Gasteiger charge is -2.43. The van der Waals surface area contributed by atoms with Gasteiger partial charge in [-0.15, -0.1) is 0 Å². The second-order valence-electron chi connectivity index (χ2n) is 10.1. The lowest BCUT2D eigenvalue weighted by atomic mass is 10.2. The smallest absolute Gasteiger partial charge is 0.261 e. The van der Waals surface area contributed by atoms with Crippen LogP contribution in [0.3, 0.4) is 0 Å². The van der Waals surface area contributed by atoms with E-state index in [0.29, 0.717) is 17.4 Å². The van der Waals surface area contributed by atoms with E-state index in [1.165, 1.54) is 10.4 Å². The highest BCUT2D eigenvalue weighted by molar-refractivity contribution is 6.99. The molecule has 0 bridgehead atoms. The fourth-order valence-electron chi connectivity index (χ4n) is 5.24. The van der Waals surface area contributed by atoms with Crippen molar-refractivity contribution in [2.75, 3.05) is 12.3 Å². The number of fused-ring (bicyclic) bond motifs is 1. The summed E-state index contributed by atoms with van der Waals surface area (Å²) in [5.74, 6) is 0.159. The second kappa shape index (κ2) is 9.39. The molecule has 1 saturated heterocycles. The third-order valence-electron chi connectivity index (χ3n) is 6.84. The number of aromatic nitrogens is 3. The topological polar surface area (TPSA) is 75.2 Å². The van der Waals surface area contributed by atoms with E-state index >= 15 is 0 Å². The molecule has 8 heteroatoms. The molecule has 35 heavy (non-hydrogen) atoms. The molecule has 182 valence electrons. The third-order valence-corrected chi connectivity index (χ3v) is 12.1. The Labute approximate surface area is 212 Å². The Balaban J connectivity index is 1.42. The summed E-state index contributed by atoms with van der Waals surface area (Å²) in [5, 5.41) is 3.60. The predicted octanol–water partition coefficient (Wildman–Crippen LogP) is 4.92. The van der Waals surface area contributed by atoms with Gasteiger partial charge in [-0.2, -0.15) is 4.98 Å². The molecule has 6 nitrogen and oxygen atoms in total. The van der Waals surface area contributed by atoms with Crippen LogP contribution in [0.15, 0.2) is 72.9 Å². The number of ether oxygens (including phenoxy) is 1. The molecule has 1 aliphatic rings. The van der Waals surface area contributed by atoms with Crippen LogP contribution in [0.25, 0.3) is 11.0 Å². The Morgan fingerprint density at radius 2 is 1.63 bits per heavy atom. The van der Waals surface area contributed by atoms with E-state index in [-0.39, 0.29) is 23.3 Å². The van der Waals surface area contributed by atoms with Crippen molar-refractivity contribution in [1.29, 1.82) is 0 Å². The lowest BCUT2D eigenvalue weighted by molar-refractivity contribution is -0.0172. The summed E-state index contributed by atoms with van der Waals surface area (Å²) in [5.41, 5.74) is 6.54. The largest absolute Gasteiger partial charge is 0.405 e. The number of rotatable bonds is 6. The number of benzene rings is 2. The van der Waals surface area contributed by atoms with Gasteiger partial charge in [-0.05, 0) is 34.3 Å². The van der Waals surface area contributed by atoms with Crippen molar-refractivity contribution in [1.82, 2.24) is 14.5 Å². The predicted molar refractivity (Wildman–Crippen MR) is 144 cm³/mol. The van der Waals surface area contributed by atoms with Gasteiger partial charge >= 0.3 is 0 Å². The van der Waals surface area contributed by atoms with E-state index in [9.17, 15) is 0 Å². The summed E-state index contributed by atoms with van der Waals surface area (Å²) in [6.45, 7) is 7.40. The molecule has 0 aliphatic carbocycles. The van der Waals surface area contributed by atoms with Gasteiger partial charge in [-0.25, -0.2) is 4.98 Å². The standard InChI is InChI=1S/C27H31ClN4O2Si/c1-27(2,3)35(20-10-6-4-7-11-20,21-12-8-5-9-13-21)33-18-19-14-15-23(34-19)32-17-16-22-24(28)30-26(29)31-25(22)32/h4-13,16-17,19,23H,14-15,18H2,1-3H3,(H2,29,30,31)/t19-,23+/m0/s1. The molecule has 0 unspecified atom stereocenters. The molecular weight excluding hydrogens is 476 g/mol. The highest BCUT2D eigenvalue weighted by Gasteiger charge is 2.50. The maximum atomic E-state index is 7.08. The highest BCUT2D eigenvalue weighted by Crippen LogP contribution is 2.38. The average molecular weight is 507 g/mol. The van der Waals surface area contributed by atoms with Gasteiger partial charge in [0.25, 0.3) is 8.32 Å².